The van der Waals surface area contributed by atoms with Gasteiger partial charge in [-0.05, 0) is 92.8 Å². The topological polar surface area (TPSA) is 8.17 Å². The van der Waals surface area contributed by atoms with Crippen LogP contribution in [0.2, 0.25) is 0 Å². The number of aromatic nitrogens is 1. The van der Waals surface area contributed by atoms with Crippen LogP contribution in [0.4, 0.5) is 17.1 Å². The lowest BCUT2D eigenvalue weighted by Gasteiger charge is -2.28. The van der Waals surface area contributed by atoms with Crippen molar-refractivity contribution in [3.63, 3.8) is 0 Å². The van der Waals surface area contributed by atoms with E-state index in [9.17, 15) is 0 Å². The molecule has 46 heavy (non-hydrogen) atoms. The zero-order valence-electron chi connectivity index (χ0n) is 25.1. The van der Waals surface area contributed by atoms with Gasteiger partial charge in [0.25, 0.3) is 0 Å². The molecule has 0 fully saturated rings. The minimum atomic E-state index is 1.13. The van der Waals surface area contributed by atoms with Crippen LogP contribution in [0.1, 0.15) is 0 Å². The number of para-hydroxylation sites is 3. The predicted molar refractivity (Wildman–Crippen MR) is 195 cm³/mol. The second-order valence-corrected chi connectivity index (χ2v) is 12.1. The van der Waals surface area contributed by atoms with Gasteiger partial charge in [0.1, 0.15) is 0 Å². The number of fused-ring (bicyclic) bond motifs is 8. The molecule has 2 nitrogen and oxygen atoms in total. The summed E-state index contributed by atoms with van der Waals surface area (Å²) in [7, 11) is 0. The Balaban J connectivity index is 1.28. The fourth-order valence-electron chi connectivity index (χ4n) is 7.79. The molecule has 0 saturated heterocycles. The van der Waals surface area contributed by atoms with Crippen molar-refractivity contribution >= 4 is 60.4 Å². The Morgan fingerprint density at radius 2 is 1.07 bits per heavy atom. The molecule has 0 spiro atoms. The van der Waals surface area contributed by atoms with Gasteiger partial charge in [-0.3, -0.25) is 0 Å². The van der Waals surface area contributed by atoms with Gasteiger partial charge < -0.3 is 9.47 Å². The Bertz CT molecular complexity index is 2630. The lowest BCUT2D eigenvalue weighted by atomic mass is 9.96. The van der Waals surface area contributed by atoms with Crippen LogP contribution in [-0.4, -0.2) is 4.57 Å². The van der Waals surface area contributed by atoms with E-state index in [0.29, 0.717) is 0 Å². The molecule has 0 saturated carbocycles. The Kier molecular flexibility index (Phi) is 5.31. The Hall–Kier alpha value is -6.12. The Morgan fingerprint density at radius 3 is 1.93 bits per heavy atom. The maximum atomic E-state index is 2.44. The van der Waals surface area contributed by atoms with Gasteiger partial charge in [0, 0.05) is 33.4 Å². The molecule has 0 amide bonds. The van der Waals surface area contributed by atoms with Gasteiger partial charge in [-0.15, -0.1) is 0 Å². The van der Waals surface area contributed by atoms with Crippen molar-refractivity contribution in [2.75, 3.05) is 4.90 Å². The maximum Gasteiger partial charge on any atom is 0.0561 e. The minimum absolute atomic E-state index is 1.13. The number of hydrogen-bond donors (Lipinski definition) is 0. The number of anilines is 3. The highest BCUT2D eigenvalue weighted by Crippen LogP contribution is 2.55. The van der Waals surface area contributed by atoms with Crippen molar-refractivity contribution < 1.29 is 0 Å². The first-order valence-electron chi connectivity index (χ1n) is 15.9. The van der Waals surface area contributed by atoms with Crippen molar-refractivity contribution in [2.45, 2.75) is 0 Å². The summed E-state index contributed by atoms with van der Waals surface area (Å²) in [5, 5.41) is 7.72. The Morgan fingerprint density at radius 1 is 0.391 bits per heavy atom. The van der Waals surface area contributed by atoms with E-state index < -0.39 is 0 Å². The van der Waals surface area contributed by atoms with Gasteiger partial charge >= 0.3 is 0 Å². The zero-order chi connectivity index (χ0) is 30.2. The lowest BCUT2D eigenvalue weighted by molar-refractivity contribution is 1.18. The van der Waals surface area contributed by atoms with Crippen molar-refractivity contribution in [3.8, 4) is 27.9 Å². The molecule has 0 radical (unpaired) electrons. The lowest BCUT2D eigenvalue weighted by Crippen LogP contribution is -2.11. The van der Waals surface area contributed by atoms with E-state index >= 15 is 0 Å². The standard InChI is InChI=1S/C44H28N2/c1-3-15-31(16-4-1)45(33-25-26-36-35-20-9-10-23-39(35)46(41(36)28-33)32-17-5-2-6-18-32)40-24-12-22-38-43(40)37-21-11-14-30-27-29-13-7-8-19-34(29)44(38)42(30)37/h1-28H. The molecule has 1 aromatic heterocycles. The highest BCUT2D eigenvalue weighted by molar-refractivity contribution is 6.25. The van der Waals surface area contributed by atoms with Gasteiger partial charge in [-0.1, -0.05) is 115 Å². The fraction of sp³-hybridized carbons (Fsp3) is 0. The summed E-state index contributed by atoms with van der Waals surface area (Å²) in [5.41, 5.74) is 12.2. The molecule has 1 aliphatic carbocycles. The summed E-state index contributed by atoms with van der Waals surface area (Å²) in [5.74, 6) is 0. The summed E-state index contributed by atoms with van der Waals surface area (Å²) in [6, 6.07) is 61.9. The van der Waals surface area contributed by atoms with Gasteiger partial charge in [-0.25, -0.2) is 0 Å². The summed E-state index contributed by atoms with van der Waals surface area (Å²) in [4.78, 5) is 2.44. The molecule has 1 heterocycles. The van der Waals surface area contributed by atoms with Gasteiger partial charge in [0.2, 0.25) is 0 Å². The average Bonchev–Trinajstić information content (AvgIpc) is 3.64. The van der Waals surface area contributed by atoms with Crippen LogP contribution >= 0.6 is 0 Å². The smallest absolute Gasteiger partial charge is 0.0561 e. The van der Waals surface area contributed by atoms with Crippen LogP contribution in [0.3, 0.4) is 0 Å². The first kappa shape index (κ1) is 25.2. The SMILES string of the molecule is c1ccc(N(c2ccc3c4ccccc4n(-c4ccccc4)c3c2)c2cccc3c2-c2cccc4cc5ccccc5c-3c24)cc1. The van der Waals surface area contributed by atoms with Crippen molar-refractivity contribution in [1.29, 1.82) is 0 Å². The third kappa shape index (κ3) is 3.53. The van der Waals surface area contributed by atoms with E-state index in [2.05, 4.69) is 179 Å². The molecule has 0 N–H and O–H groups in total. The molecule has 0 aliphatic heterocycles. The van der Waals surface area contributed by atoms with Gasteiger partial charge in [-0.2, -0.15) is 0 Å². The van der Waals surface area contributed by atoms with E-state index in [4.69, 9.17) is 0 Å². The van der Waals surface area contributed by atoms with Crippen LogP contribution in [0.15, 0.2) is 170 Å². The number of rotatable bonds is 4. The number of benzene rings is 8. The fourth-order valence-corrected chi connectivity index (χ4v) is 7.79. The van der Waals surface area contributed by atoms with E-state index in [-0.39, 0.29) is 0 Å². The van der Waals surface area contributed by atoms with Crippen LogP contribution in [-0.2, 0) is 0 Å². The number of hydrogen-bond acceptors (Lipinski definition) is 1. The third-order valence-corrected chi connectivity index (χ3v) is 9.65. The molecule has 8 aromatic carbocycles. The largest absolute Gasteiger partial charge is 0.310 e. The first-order chi connectivity index (χ1) is 22.8. The first-order valence-corrected chi connectivity index (χ1v) is 15.9. The normalized spacial score (nSPS) is 11.9. The Labute approximate surface area is 267 Å². The summed E-state index contributed by atoms with van der Waals surface area (Å²) in [6.07, 6.45) is 0. The van der Waals surface area contributed by atoms with Crippen LogP contribution in [0.5, 0.6) is 0 Å². The van der Waals surface area contributed by atoms with E-state index in [1.54, 1.807) is 0 Å². The van der Waals surface area contributed by atoms with Crippen molar-refractivity contribution in [3.05, 3.63) is 170 Å². The minimum Gasteiger partial charge on any atom is -0.310 e. The molecule has 9 aromatic rings. The molecule has 2 heteroatoms. The van der Waals surface area contributed by atoms with E-state index in [1.807, 2.05) is 0 Å². The zero-order valence-corrected chi connectivity index (χ0v) is 25.1. The molecule has 1 aliphatic rings. The third-order valence-electron chi connectivity index (χ3n) is 9.65. The molecular weight excluding hydrogens is 556 g/mol. The maximum absolute atomic E-state index is 2.44. The van der Waals surface area contributed by atoms with Crippen LogP contribution in [0, 0.1) is 0 Å². The second kappa shape index (κ2) is 9.69. The van der Waals surface area contributed by atoms with E-state index in [0.717, 1.165) is 17.1 Å². The quantitative estimate of drug-likeness (QED) is 0.187. The second-order valence-electron chi connectivity index (χ2n) is 12.1. The van der Waals surface area contributed by atoms with Gasteiger partial charge in [0.05, 0.1) is 16.7 Å². The molecule has 0 unspecified atom stereocenters. The molecule has 214 valence electrons. The van der Waals surface area contributed by atoms with E-state index in [1.165, 1.54) is 71.3 Å². The van der Waals surface area contributed by atoms with Crippen molar-refractivity contribution in [1.82, 2.24) is 4.57 Å². The molecular formula is C44H28N2. The monoisotopic (exact) mass is 584 g/mol. The number of nitrogens with zero attached hydrogens (tertiary/aromatic N) is 2. The molecule has 10 rings (SSSR count). The molecule has 0 atom stereocenters. The van der Waals surface area contributed by atoms with Crippen LogP contribution in [0.25, 0.3) is 71.3 Å². The molecule has 0 bridgehead atoms. The highest BCUT2D eigenvalue weighted by atomic mass is 15.1. The van der Waals surface area contributed by atoms with Crippen molar-refractivity contribution in [2.24, 2.45) is 0 Å². The predicted octanol–water partition coefficient (Wildman–Crippen LogP) is 12.2. The average molecular weight is 585 g/mol. The summed E-state index contributed by atoms with van der Waals surface area (Å²) in [6.45, 7) is 0. The highest BCUT2D eigenvalue weighted by Gasteiger charge is 2.29. The summed E-state index contributed by atoms with van der Waals surface area (Å²) < 4.78 is 2.40. The van der Waals surface area contributed by atoms with Gasteiger partial charge in [0.15, 0.2) is 0 Å². The van der Waals surface area contributed by atoms with Crippen LogP contribution < -0.4 is 4.90 Å². The summed E-state index contributed by atoms with van der Waals surface area (Å²) >= 11 is 0.